The van der Waals surface area contributed by atoms with Gasteiger partial charge in [-0.05, 0) is 31.0 Å². The summed E-state index contributed by atoms with van der Waals surface area (Å²) in [6.45, 7) is 0. The second-order valence-corrected chi connectivity index (χ2v) is 5.96. The third-order valence-electron chi connectivity index (χ3n) is 4.27. The first kappa shape index (κ1) is 15.4. The predicted molar refractivity (Wildman–Crippen MR) is 92.5 cm³/mol. The van der Waals surface area contributed by atoms with E-state index < -0.39 is 0 Å². The minimum atomic E-state index is -0.294. The highest BCUT2D eigenvalue weighted by atomic mass is 16.5. The molecule has 0 unspecified atom stereocenters. The molecule has 0 atom stereocenters. The van der Waals surface area contributed by atoms with E-state index in [4.69, 9.17) is 9.47 Å². The number of nitrogens with zero attached hydrogens (tertiary/aromatic N) is 3. The largest absolute Gasteiger partial charge is 0.497 e. The Morgan fingerprint density at radius 3 is 2.76 bits per heavy atom. The molecule has 4 rings (SSSR count). The lowest BCUT2D eigenvalue weighted by Crippen LogP contribution is -2.16. The molecular weight excluding hydrogens is 320 g/mol. The van der Waals surface area contributed by atoms with Crippen LogP contribution in [-0.4, -0.2) is 34.7 Å². The standard InChI is InChI=1S/C18H18N4O3/c1-24-12-5-6-16(25-2)13(9-12)21-18(23)14-10-15(11-3-4-11)22-17(20-14)7-8-19-22/h5-11H,3-4H2,1-2H3,(H,21,23). The lowest BCUT2D eigenvalue weighted by atomic mass is 10.2. The van der Waals surface area contributed by atoms with E-state index in [0.29, 0.717) is 34.4 Å². The van der Waals surface area contributed by atoms with Gasteiger partial charge in [-0.2, -0.15) is 5.10 Å². The molecule has 0 aliphatic heterocycles. The van der Waals surface area contributed by atoms with E-state index in [0.717, 1.165) is 18.5 Å². The average molecular weight is 338 g/mol. The highest BCUT2D eigenvalue weighted by Crippen LogP contribution is 2.40. The zero-order valence-electron chi connectivity index (χ0n) is 14.0. The Labute approximate surface area is 144 Å². The molecular formula is C18H18N4O3. The maximum atomic E-state index is 12.7. The van der Waals surface area contributed by atoms with Gasteiger partial charge in [0.25, 0.3) is 5.91 Å². The maximum Gasteiger partial charge on any atom is 0.274 e. The smallest absolute Gasteiger partial charge is 0.274 e. The number of nitrogens with one attached hydrogen (secondary N) is 1. The van der Waals surface area contributed by atoms with Gasteiger partial charge in [0.1, 0.15) is 17.2 Å². The second kappa shape index (κ2) is 6.08. The number of benzene rings is 1. The summed E-state index contributed by atoms with van der Waals surface area (Å²) in [5.74, 6) is 1.34. The summed E-state index contributed by atoms with van der Waals surface area (Å²) >= 11 is 0. The molecule has 0 spiro atoms. The Balaban J connectivity index is 1.69. The van der Waals surface area contributed by atoms with Crippen molar-refractivity contribution < 1.29 is 14.3 Å². The molecule has 1 N–H and O–H groups in total. The number of fused-ring (bicyclic) bond motifs is 1. The molecule has 1 aromatic carbocycles. The van der Waals surface area contributed by atoms with E-state index in [2.05, 4.69) is 15.4 Å². The molecule has 0 bridgehead atoms. The van der Waals surface area contributed by atoms with Gasteiger partial charge >= 0.3 is 0 Å². The molecule has 7 nitrogen and oxygen atoms in total. The van der Waals surface area contributed by atoms with E-state index in [9.17, 15) is 4.79 Å². The van der Waals surface area contributed by atoms with Crippen molar-refractivity contribution in [2.75, 3.05) is 19.5 Å². The summed E-state index contributed by atoms with van der Waals surface area (Å²) < 4.78 is 12.3. The molecule has 7 heteroatoms. The number of ether oxygens (including phenoxy) is 2. The van der Waals surface area contributed by atoms with Crippen LogP contribution in [0.1, 0.15) is 34.9 Å². The summed E-state index contributed by atoms with van der Waals surface area (Å²) in [6, 6.07) is 8.86. The third kappa shape index (κ3) is 2.88. The first-order valence-corrected chi connectivity index (χ1v) is 8.07. The topological polar surface area (TPSA) is 77.8 Å². The summed E-state index contributed by atoms with van der Waals surface area (Å²) in [4.78, 5) is 17.2. The van der Waals surface area contributed by atoms with Gasteiger partial charge in [-0.3, -0.25) is 4.79 Å². The van der Waals surface area contributed by atoms with Gasteiger partial charge in [0.2, 0.25) is 0 Å². The summed E-state index contributed by atoms with van der Waals surface area (Å²) in [5.41, 5.74) is 2.60. The molecule has 0 radical (unpaired) electrons. The molecule has 128 valence electrons. The van der Waals surface area contributed by atoms with Crippen molar-refractivity contribution in [3.05, 3.63) is 47.9 Å². The number of methoxy groups -OCH3 is 2. The van der Waals surface area contributed by atoms with Crippen LogP contribution < -0.4 is 14.8 Å². The van der Waals surface area contributed by atoms with Crippen LogP contribution in [0, 0.1) is 0 Å². The van der Waals surface area contributed by atoms with Gasteiger partial charge < -0.3 is 14.8 Å². The van der Waals surface area contributed by atoms with Crippen molar-refractivity contribution in [3.63, 3.8) is 0 Å². The van der Waals surface area contributed by atoms with Crippen LogP contribution in [0.3, 0.4) is 0 Å². The van der Waals surface area contributed by atoms with Gasteiger partial charge in [-0.25, -0.2) is 9.50 Å². The quantitative estimate of drug-likeness (QED) is 0.774. The molecule has 1 fully saturated rings. The summed E-state index contributed by atoms with van der Waals surface area (Å²) in [5, 5.41) is 7.16. The zero-order valence-corrected chi connectivity index (χ0v) is 14.0. The number of anilines is 1. The van der Waals surface area contributed by atoms with Crippen LogP contribution >= 0.6 is 0 Å². The van der Waals surface area contributed by atoms with Crippen molar-refractivity contribution >= 4 is 17.2 Å². The van der Waals surface area contributed by atoms with Crippen molar-refractivity contribution in [1.82, 2.24) is 14.6 Å². The zero-order chi connectivity index (χ0) is 17.4. The van der Waals surface area contributed by atoms with Crippen molar-refractivity contribution in [2.24, 2.45) is 0 Å². The van der Waals surface area contributed by atoms with Crippen LogP contribution in [0.5, 0.6) is 11.5 Å². The molecule has 1 aliphatic rings. The normalized spacial score (nSPS) is 13.7. The third-order valence-corrected chi connectivity index (χ3v) is 4.27. The molecule has 1 aliphatic carbocycles. The number of hydrogen-bond acceptors (Lipinski definition) is 5. The van der Waals surface area contributed by atoms with Crippen molar-refractivity contribution in [2.45, 2.75) is 18.8 Å². The Bertz CT molecular complexity index is 947. The van der Waals surface area contributed by atoms with E-state index in [1.165, 1.54) is 0 Å². The number of hydrogen-bond donors (Lipinski definition) is 1. The number of carbonyl (C=O) groups is 1. The molecule has 2 aromatic heterocycles. The fourth-order valence-corrected chi connectivity index (χ4v) is 2.82. The number of carbonyl (C=O) groups excluding carboxylic acids is 1. The number of amides is 1. The van der Waals surface area contributed by atoms with Gasteiger partial charge in [-0.15, -0.1) is 0 Å². The predicted octanol–water partition coefficient (Wildman–Crippen LogP) is 2.88. The van der Waals surface area contributed by atoms with Gasteiger partial charge in [0.15, 0.2) is 5.65 Å². The molecule has 0 saturated heterocycles. The molecule has 1 amide bonds. The van der Waals surface area contributed by atoms with E-state index in [1.807, 2.05) is 6.07 Å². The van der Waals surface area contributed by atoms with Gasteiger partial charge in [0.05, 0.1) is 26.1 Å². The minimum Gasteiger partial charge on any atom is -0.497 e. The monoisotopic (exact) mass is 338 g/mol. The fraction of sp³-hybridized carbons (Fsp3) is 0.278. The summed E-state index contributed by atoms with van der Waals surface area (Å²) in [6.07, 6.45) is 3.93. The van der Waals surface area contributed by atoms with Crippen LogP contribution in [0.2, 0.25) is 0 Å². The van der Waals surface area contributed by atoms with Crippen molar-refractivity contribution in [3.8, 4) is 11.5 Å². The Morgan fingerprint density at radius 1 is 1.20 bits per heavy atom. The van der Waals surface area contributed by atoms with Gasteiger partial charge in [-0.1, -0.05) is 0 Å². The minimum absolute atomic E-state index is 0.294. The maximum absolute atomic E-state index is 12.7. The van der Waals surface area contributed by atoms with Gasteiger partial charge in [0, 0.05) is 23.7 Å². The average Bonchev–Trinajstić information content (AvgIpc) is 3.37. The van der Waals surface area contributed by atoms with Crippen LogP contribution in [0.25, 0.3) is 5.65 Å². The lowest BCUT2D eigenvalue weighted by molar-refractivity contribution is 0.102. The molecule has 2 heterocycles. The molecule has 25 heavy (non-hydrogen) atoms. The lowest BCUT2D eigenvalue weighted by Gasteiger charge is -2.12. The number of aromatic nitrogens is 3. The highest BCUT2D eigenvalue weighted by Gasteiger charge is 2.28. The first-order chi connectivity index (χ1) is 12.2. The Kier molecular flexibility index (Phi) is 3.76. The Hall–Kier alpha value is -3.09. The molecule has 3 aromatic rings. The SMILES string of the molecule is COc1ccc(OC)c(NC(=O)c2cc(C3CC3)n3nccc3n2)c1. The first-order valence-electron chi connectivity index (χ1n) is 8.07. The van der Waals surface area contributed by atoms with E-state index >= 15 is 0 Å². The van der Waals surface area contributed by atoms with Crippen LogP contribution in [0.4, 0.5) is 5.69 Å². The highest BCUT2D eigenvalue weighted by molar-refractivity contribution is 6.04. The van der Waals surface area contributed by atoms with Crippen LogP contribution in [0.15, 0.2) is 36.5 Å². The summed E-state index contributed by atoms with van der Waals surface area (Å²) in [7, 11) is 3.13. The molecule has 1 saturated carbocycles. The Morgan fingerprint density at radius 2 is 2.04 bits per heavy atom. The fourth-order valence-electron chi connectivity index (χ4n) is 2.82. The second-order valence-electron chi connectivity index (χ2n) is 5.96. The van der Waals surface area contributed by atoms with Crippen molar-refractivity contribution in [1.29, 1.82) is 0 Å². The van der Waals surface area contributed by atoms with Crippen LogP contribution in [-0.2, 0) is 0 Å². The van der Waals surface area contributed by atoms with E-state index in [1.54, 1.807) is 49.2 Å². The van der Waals surface area contributed by atoms with E-state index in [-0.39, 0.29) is 5.91 Å². The number of rotatable bonds is 5.